The first-order valence-electron chi connectivity index (χ1n) is 9.38. The molecule has 3 rings (SSSR count). The number of aryl methyl sites for hydroxylation is 1. The summed E-state index contributed by atoms with van der Waals surface area (Å²) in [7, 11) is 0. The van der Waals surface area contributed by atoms with Crippen molar-refractivity contribution >= 4 is 11.6 Å². The number of carbonyl (C=O) groups is 1. The van der Waals surface area contributed by atoms with Gasteiger partial charge >= 0.3 is 0 Å². The summed E-state index contributed by atoms with van der Waals surface area (Å²) in [6.45, 7) is 7.41. The minimum atomic E-state index is -0.123. The van der Waals surface area contributed by atoms with Crippen LogP contribution in [0.3, 0.4) is 0 Å². The molecule has 1 aliphatic rings. The molecule has 1 amide bonds. The average molecular weight is 368 g/mol. The molecular weight excluding hydrogens is 340 g/mol. The number of fused-ring (bicyclic) bond motifs is 1. The van der Waals surface area contributed by atoms with Crippen LogP contribution >= 0.6 is 0 Å². The first-order chi connectivity index (χ1) is 12.8. The lowest BCUT2D eigenvalue weighted by atomic mass is 9.86. The van der Waals surface area contributed by atoms with Crippen LogP contribution in [0.25, 0.3) is 0 Å². The number of amides is 1. The molecule has 5 heteroatoms. The normalized spacial score (nSPS) is 16.1. The van der Waals surface area contributed by atoms with E-state index in [0.29, 0.717) is 43.2 Å². The average Bonchev–Trinajstić information content (AvgIpc) is 2.65. The monoisotopic (exact) mass is 368 g/mol. The van der Waals surface area contributed by atoms with E-state index in [1.807, 2.05) is 6.07 Å². The van der Waals surface area contributed by atoms with Gasteiger partial charge in [0.05, 0.1) is 0 Å². The maximum absolute atomic E-state index is 12.3. The molecule has 0 saturated carbocycles. The van der Waals surface area contributed by atoms with Crippen molar-refractivity contribution in [1.29, 1.82) is 0 Å². The lowest BCUT2D eigenvalue weighted by Crippen LogP contribution is -2.35. The topological polar surface area (TPSA) is 73.6 Å². The Bertz CT molecular complexity index is 794. The van der Waals surface area contributed by atoms with Gasteiger partial charge in [-0.05, 0) is 35.1 Å². The molecule has 3 N–H and O–H groups in total. The van der Waals surface area contributed by atoms with Crippen LogP contribution in [-0.2, 0) is 16.6 Å². The van der Waals surface area contributed by atoms with Crippen molar-refractivity contribution < 1.29 is 14.3 Å². The van der Waals surface area contributed by atoms with Crippen LogP contribution < -0.4 is 20.5 Å². The van der Waals surface area contributed by atoms with Crippen molar-refractivity contribution in [3.8, 4) is 11.5 Å². The third kappa shape index (κ3) is 5.01. The number of hydrogen-bond donors (Lipinski definition) is 2. The zero-order valence-electron chi connectivity index (χ0n) is 16.2. The molecule has 0 saturated heterocycles. The fourth-order valence-electron chi connectivity index (χ4n) is 2.96. The summed E-state index contributed by atoms with van der Waals surface area (Å²) in [6.07, 6.45) is 1.01. The molecule has 5 nitrogen and oxygen atoms in total. The zero-order chi connectivity index (χ0) is 19.4. The highest BCUT2D eigenvalue weighted by molar-refractivity contribution is 5.91. The predicted molar refractivity (Wildman–Crippen MR) is 108 cm³/mol. The van der Waals surface area contributed by atoms with E-state index in [1.165, 1.54) is 5.56 Å². The van der Waals surface area contributed by atoms with Crippen LogP contribution in [0.4, 0.5) is 5.69 Å². The number of nitrogens with two attached hydrogens (primary N) is 1. The molecule has 0 aromatic heterocycles. The molecule has 2 aromatic rings. The third-order valence-electron chi connectivity index (χ3n) is 4.67. The van der Waals surface area contributed by atoms with Crippen LogP contribution in [0.5, 0.6) is 11.5 Å². The predicted octanol–water partition coefficient (Wildman–Crippen LogP) is 3.65. The first kappa shape index (κ1) is 19.2. The van der Waals surface area contributed by atoms with Crippen molar-refractivity contribution in [1.82, 2.24) is 0 Å². The number of rotatable bonds is 5. The van der Waals surface area contributed by atoms with Gasteiger partial charge < -0.3 is 20.5 Å². The lowest BCUT2D eigenvalue weighted by molar-refractivity contribution is -0.116. The molecule has 0 bridgehead atoms. The van der Waals surface area contributed by atoms with Crippen LogP contribution in [0.15, 0.2) is 42.5 Å². The van der Waals surface area contributed by atoms with Gasteiger partial charge in [0.25, 0.3) is 0 Å². The van der Waals surface area contributed by atoms with E-state index in [4.69, 9.17) is 15.2 Å². The van der Waals surface area contributed by atoms with E-state index >= 15 is 0 Å². The minimum Gasteiger partial charge on any atom is -0.486 e. The summed E-state index contributed by atoms with van der Waals surface area (Å²) in [4.78, 5) is 12.3. The van der Waals surface area contributed by atoms with Crippen molar-refractivity contribution in [3.05, 3.63) is 53.6 Å². The maximum Gasteiger partial charge on any atom is 0.224 e. The number of benzene rings is 2. The number of carbonyl (C=O) groups excluding carboxylic acids is 1. The van der Waals surface area contributed by atoms with Gasteiger partial charge in [-0.2, -0.15) is 0 Å². The Labute approximate surface area is 160 Å². The Kier molecular flexibility index (Phi) is 5.71. The van der Waals surface area contributed by atoms with Gasteiger partial charge in [0, 0.05) is 24.7 Å². The molecular formula is C22H28N2O3. The Morgan fingerprint density at radius 2 is 1.89 bits per heavy atom. The minimum absolute atomic E-state index is 0.0218. The van der Waals surface area contributed by atoms with Crippen molar-refractivity contribution in [2.24, 2.45) is 5.73 Å². The second-order valence-electron chi connectivity index (χ2n) is 7.94. The van der Waals surface area contributed by atoms with E-state index in [9.17, 15) is 4.79 Å². The second kappa shape index (κ2) is 8.01. The maximum atomic E-state index is 12.3. The van der Waals surface area contributed by atoms with Gasteiger partial charge in [-0.25, -0.2) is 0 Å². The summed E-state index contributed by atoms with van der Waals surface area (Å²) in [5.74, 6) is 1.27. The van der Waals surface area contributed by atoms with Crippen molar-refractivity contribution in [2.45, 2.75) is 45.1 Å². The van der Waals surface area contributed by atoms with Crippen molar-refractivity contribution in [3.63, 3.8) is 0 Å². The summed E-state index contributed by atoms with van der Waals surface area (Å²) < 4.78 is 11.4. The van der Waals surface area contributed by atoms with E-state index in [0.717, 1.165) is 5.56 Å². The molecule has 0 aliphatic carbocycles. The van der Waals surface area contributed by atoms with Crippen LogP contribution in [0.2, 0.25) is 0 Å². The molecule has 27 heavy (non-hydrogen) atoms. The fourth-order valence-corrected chi connectivity index (χ4v) is 2.96. The summed E-state index contributed by atoms with van der Waals surface area (Å²) >= 11 is 0. The van der Waals surface area contributed by atoms with Gasteiger partial charge in [0.15, 0.2) is 11.5 Å². The lowest BCUT2D eigenvalue weighted by Gasteiger charge is -2.25. The van der Waals surface area contributed by atoms with E-state index in [2.05, 4.69) is 50.4 Å². The molecule has 0 spiro atoms. The molecule has 1 aliphatic heterocycles. The third-order valence-corrected chi connectivity index (χ3v) is 4.67. The van der Waals surface area contributed by atoms with Crippen LogP contribution in [-0.4, -0.2) is 25.2 Å². The summed E-state index contributed by atoms with van der Waals surface area (Å²) in [5, 5.41) is 2.92. The Morgan fingerprint density at radius 3 is 2.56 bits per heavy atom. The smallest absolute Gasteiger partial charge is 0.224 e. The highest BCUT2D eigenvalue weighted by atomic mass is 16.6. The van der Waals surface area contributed by atoms with Gasteiger partial charge in [-0.15, -0.1) is 0 Å². The molecule has 2 aromatic carbocycles. The Hall–Kier alpha value is -2.53. The van der Waals surface area contributed by atoms with Gasteiger partial charge in [0.2, 0.25) is 5.91 Å². The summed E-state index contributed by atoms with van der Waals surface area (Å²) in [6, 6.07) is 13.9. The van der Waals surface area contributed by atoms with Crippen molar-refractivity contribution in [2.75, 3.05) is 18.5 Å². The highest BCUT2D eigenvalue weighted by Gasteiger charge is 2.20. The number of ether oxygens (including phenoxy) is 2. The Balaban J connectivity index is 1.54. The zero-order valence-corrected chi connectivity index (χ0v) is 16.2. The Morgan fingerprint density at radius 1 is 1.15 bits per heavy atom. The largest absolute Gasteiger partial charge is 0.486 e. The summed E-state index contributed by atoms with van der Waals surface area (Å²) in [5.41, 5.74) is 8.90. The molecule has 1 unspecified atom stereocenters. The van der Waals surface area contributed by atoms with Crippen LogP contribution in [0.1, 0.15) is 38.3 Å². The second-order valence-corrected chi connectivity index (χ2v) is 7.94. The number of nitrogens with one attached hydrogen (secondary N) is 1. The standard InChI is InChI=1S/C22H28N2O3/c1-22(2,3)16-7-4-15(5-8-16)6-11-21(25)24-17-9-10-19-20(12-17)26-14-18(13-23)27-19/h4-5,7-10,12,18H,6,11,13-14,23H2,1-3H3,(H,24,25). The molecule has 144 valence electrons. The van der Waals surface area contributed by atoms with E-state index in [1.54, 1.807) is 12.1 Å². The van der Waals surface area contributed by atoms with E-state index < -0.39 is 0 Å². The van der Waals surface area contributed by atoms with Gasteiger partial charge in [-0.3, -0.25) is 4.79 Å². The fraction of sp³-hybridized carbons (Fsp3) is 0.409. The molecule has 0 radical (unpaired) electrons. The highest BCUT2D eigenvalue weighted by Crippen LogP contribution is 2.34. The quantitative estimate of drug-likeness (QED) is 0.845. The van der Waals surface area contributed by atoms with Crippen LogP contribution in [0, 0.1) is 0 Å². The van der Waals surface area contributed by atoms with E-state index in [-0.39, 0.29) is 17.4 Å². The molecule has 0 fully saturated rings. The molecule has 1 heterocycles. The number of anilines is 1. The molecule has 1 atom stereocenters. The van der Waals surface area contributed by atoms with Gasteiger partial charge in [-0.1, -0.05) is 45.0 Å². The first-order valence-corrected chi connectivity index (χ1v) is 9.38. The SMILES string of the molecule is CC(C)(C)c1ccc(CCC(=O)Nc2ccc3c(c2)OCC(CN)O3)cc1. The number of hydrogen-bond acceptors (Lipinski definition) is 4. The van der Waals surface area contributed by atoms with Gasteiger partial charge in [0.1, 0.15) is 12.7 Å².